The van der Waals surface area contributed by atoms with Crippen LogP contribution in [-0.2, 0) is 9.53 Å². The van der Waals surface area contributed by atoms with E-state index in [2.05, 4.69) is 16.0 Å². The summed E-state index contributed by atoms with van der Waals surface area (Å²) in [6.07, 6.45) is 4.36. The van der Waals surface area contributed by atoms with E-state index in [0.717, 1.165) is 19.3 Å². The number of rotatable bonds is 5. The van der Waals surface area contributed by atoms with Crippen molar-refractivity contribution in [2.24, 2.45) is 0 Å². The number of nitrogens with zero attached hydrogens (tertiary/aromatic N) is 1. The van der Waals surface area contributed by atoms with Gasteiger partial charge in [0.25, 0.3) is 5.91 Å². The van der Waals surface area contributed by atoms with Crippen LogP contribution in [0.1, 0.15) is 48.9 Å². The van der Waals surface area contributed by atoms with Crippen molar-refractivity contribution < 1.29 is 28.2 Å². The summed E-state index contributed by atoms with van der Waals surface area (Å²) in [5, 5.41) is 8.38. The number of amides is 4. The Morgan fingerprint density at radius 1 is 1.03 bits per heavy atom. The van der Waals surface area contributed by atoms with E-state index in [1.165, 1.54) is 24.3 Å². The van der Waals surface area contributed by atoms with E-state index in [1.54, 1.807) is 30.1 Å². The third-order valence-corrected chi connectivity index (χ3v) is 7.26. The number of benzene rings is 2. The van der Waals surface area contributed by atoms with Gasteiger partial charge in [0.05, 0.1) is 24.1 Å². The Morgan fingerprint density at radius 2 is 1.76 bits per heavy atom. The van der Waals surface area contributed by atoms with Crippen molar-refractivity contribution in [3.63, 3.8) is 0 Å². The van der Waals surface area contributed by atoms with Gasteiger partial charge < -0.3 is 30.3 Å². The lowest BCUT2D eigenvalue weighted by Crippen LogP contribution is -2.54. The summed E-state index contributed by atoms with van der Waals surface area (Å²) >= 11 is 0. The number of halogens is 1. The molecule has 10 heteroatoms. The molecule has 0 spiro atoms. The molecule has 2 aliphatic heterocycles. The first-order chi connectivity index (χ1) is 17.9. The molecule has 3 aliphatic rings. The van der Waals surface area contributed by atoms with Crippen molar-refractivity contribution in [3.8, 4) is 5.75 Å². The highest BCUT2D eigenvalue weighted by Gasteiger charge is 2.39. The van der Waals surface area contributed by atoms with Crippen molar-refractivity contribution in [2.45, 2.75) is 62.8 Å². The molecule has 0 aromatic heterocycles. The van der Waals surface area contributed by atoms with Crippen LogP contribution in [0, 0.1) is 5.82 Å². The molecule has 2 fully saturated rings. The van der Waals surface area contributed by atoms with Crippen LogP contribution < -0.4 is 20.7 Å². The minimum atomic E-state index is -0.521. The topological polar surface area (TPSA) is 109 Å². The fraction of sp³-hybridized carbons (Fsp3) is 0.444. The van der Waals surface area contributed by atoms with Gasteiger partial charge in [0, 0.05) is 24.5 Å². The SMILES string of the molecule is CN1C(=O)c2cc(NC(=O)Nc3ccc(F)cc3)ccc2OC[C@H]2O[C@@H](CC(=O)NC3CCC3)CC[C@H]21. The Labute approximate surface area is 214 Å². The van der Waals surface area contributed by atoms with Crippen LogP contribution in [0.15, 0.2) is 42.5 Å². The predicted molar refractivity (Wildman–Crippen MR) is 135 cm³/mol. The maximum absolute atomic E-state index is 13.4. The summed E-state index contributed by atoms with van der Waals surface area (Å²) in [5.41, 5.74) is 1.19. The number of nitrogens with one attached hydrogen (secondary N) is 3. The highest BCUT2D eigenvalue weighted by atomic mass is 19.1. The van der Waals surface area contributed by atoms with Crippen molar-refractivity contribution >= 4 is 29.2 Å². The van der Waals surface area contributed by atoms with Crippen LogP contribution in [0.3, 0.4) is 0 Å². The molecule has 0 radical (unpaired) electrons. The van der Waals surface area contributed by atoms with Crippen molar-refractivity contribution in [3.05, 3.63) is 53.8 Å². The van der Waals surface area contributed by atoms with Crippen molar-refractivity contribution in [1.82, 2.24) is 10.2 Å². The Bertz CT molecular complexity index is 1170. The number of ether oxygens (including phenoxy) is 2. The first-order valence-electron chi connectivity index (χ1n) is 12.7. The minimum Gasteiger partial charge on any atom is -0.490 e. The second kappa shape index (κ2) is 10.8. The summed E-state index contributed by atoms with van der Waals surface area (Å²) in [5.74, 6) is -0.227. The van der Waals surface area contributed by atoms with Gasteiger partial charge >= 0.3 is 6.03 Å². The third-order valence-electron chi connectivity index (χ3n) is 7.26. The van der Waals surface area contributed by atoms with Gasteiger partial charge in [-0.2, -0.15) is 0 Å². The average Bonchev–Trinajstić information content (AvgIpc) is 2.85. The molecular formula is C27H31FN4O5. The van der Waals surface area contributed by atoms with E-state index in [1.807, 2.05) is 0 Å². The first kappa shape index (κ1) is 25.0. The van der Waals surface area contributed by atoms with Crippen LogP contribution in [-0.4, -0.2) is 60.7 Å². The molecule has 4 amide bonds. The molecule has 9 nitrogen and oxygen atoms in total. The van der Waals surface area contributed by atoms with Gasteiger partial charge in [0.1, 0.15) is 24.3 Å². The molecule has 1 saturated carbocycles. The molecule has 3 atom stereocenters. The minimum absolute atomic E-state index is 0.0122. The summed E-state index contributed by atoms with van der Waals surface area (Å²) < 4.78 is 25.3. The molecule has 196 valence electrons. The maximum Gasteiger partial charge on any atom is 0.323 e. The molecule has 2 aromatic rings. The van der Waals surface area contributed by atoms with Gasteiger partial charge in [0.2, 0.25) is 5.91 Å². The zero-order valence-electron chi connectivity index (χ0n) is 20.7. The zero-order chi connectivity index (χ0) is 25.9. The third kappa shape index (κ3) is 5.85. The average molecular weight is 511 g/mol. The van der Waals surface area contributed by atoms with Crippen LogP contribution in [0.2, 0.25) is 0 Å². The highest BCUT2D eigenvalue weighted by molar-refractivity contribution is 6.02. The molecule has 37 heavy (non-hydrogen) atoms. The van der Waals surface area contributed by atoms with Gasteiger partial charge in [-0.05, 0) is 74.6 Å². The second-order valence-electron chi connectivity index (χ2n) is 9.86. The normalized spacial score (nSPS) is 23.4. The van der Waals surface area contributed by atoms with E-state index in [-0.39, 0.29) is 36.7 Å². The highest BCUT2D eigenvalue weighted by Crippen LogP contribution is 2.32. The molecule has 2 aromatic carbocycles. The lowest BCUT2D eigenvalue weighted by molar-refractivity contribution is -0.135. The largest absolute Gasteiger partial charge is 0.490 e. The number of fused-ring (bicyclic) bond motifs is 2. The molecule has 3 N–H and O–H groups in total. The Hall–Kier alpha value is -3.66. The summed E-state index contributed by atoms with van der Waals surface area (Å²) in [4.78, 5) is 39.8. The molecule has 1 saturated heterocycles. The standard InChI is InChI=1S/C27H31FN4O5/c1-32-22-11-10-20(14-25(33)29-17-3-2-4-17)37-24(22)15-36-23-12-9-19(13-21(23)26(32)34)31-27(35)30-18-7-5-16(28)6-8-18/h5-9,12-13,17,20,22,24H,2-4,10-11,14-15H2,1H3,(H,29,33)(H2,30,31,35)/t20-,22-,24-/m1/s1. The van der Waals surface area contributed by atoms with Gasteiger partial charge in [-0.25, -0.2) is 9.18 Å². The number of hydrogen-bond acceptors (Lipinski definition) is 5. The molecule has 1 aliphatic carbocycles. The second-order valence-corrected chi connectivity index (χ2v) is 9.86. The lowest BCUT2D eigenvalue weighted by atomic mass is 9.92. The monoisotopic (exact) mass is 510 g/mol. The van der Waals surface area contributed by atoms with Gasteiger partial charge in [-0.15, -0.1) is 0 Å². The smallest absolute Gasteiger partial charge is 0.323 e. The molecular weight excluding hydrogens is 479 g/mol. The van der Waals surface area contributed by atoms with Gasteiger partial charge in [-0.3, -0.25) is 9.59 Å². The van der Waals surface area contributed by atoms with Gasteiger partial charge in [-0.1, -0.05) is 0 Å². The van der Waals surface area contributed by atoms with Crippen molar-refractivity contribution in [2.75, 3.05) is 24.3 Å². The fourth-order valence-electron chi connectivity index (χ4n) is 4.98. The van der Waals surface area contributed by atoms with E-state index in [0.29, 0.717) is 48.0 Å². The number of likely N-dealkylation sites (N-methyl/N-ethyl adjacent to an activating group) is 1. The molecule has 5 rings (SSSR count). The predicted octanol–water partition coefficient (Wildman–Crippen LogP) is 3.91. The number of carbonyl (C=O) groups is 3. The summed E-state index contributed by atoms with van der Waals surface area (Å²) in [6, 6.07) is 9.86. The zero-order valence-corrected chi connectivity index (χ0v) is 20.7. The summed E-state index contributed by atoms with van der Waals surface area (Å²) in [7, 11) is 1.74. The van der Waals surface area contributed by atoms with Crippen LogP contribution in [0.25, 0.3) is 0 Å². The Morgan fingerprint density at radius 3 is 2.49 bits per heavy atom. The lowest BCUT2D eigenvalue weighted by Gasteiger charge is -2.42. The van der Waals surface area contributed by atoms with Crippen LogP contribution >= 0.6 is 0 Å². The number of anilines is 2. The molecule has 0 unspecified atom stereocenters. The first-order valence-corrected chi connectivity index (χ1v) is 12.7. The van der Waals surface area contributed by atoms with Crippen LogP contribution in [0.5, 0.6) is 5.75 Å². The summed E-state index contributed by atoms with van der Waals surface area (Å²) in [6.45, 7) is 0.244. The molecule has 2 heterocycles. The van der Waals surface area contributed by atoms with E-state index in [9.17, 15) is 18.8 Å². The van der Waals surface area contributed by atoms with Crippen molar-refractivity contribution in [1.29, 1.82) is 0 Å². The Kier molecular flexibility index (Phi) is 7.27. The van der Waals surface area contributed by atoms with E-state index < -0.39 is 11.8 Å². The number of carbonyl (C=O) groups excluding carboxylic acids is 3. The quantitative estimate of drug-likeness (QED) is 0.565. The maximum atomic E-state index is 13.4. The Balaban J connectivity index is 1.23. The number of hydrogen-bond donors (Lipinski definition) is 3. The van der Waals surface area contributed by atoms with E-state index in [4.69, 9.17) is 9.47 Å². The van der Waals surface area contributed by atoms with Gasteiger partial charge in [0.15, 0.2) is 0 Å². The van der Waals surface area contributed by atoms with Crippen LogP contribution in [0.4, 0.5) is 20.6 Å². The fourth-order valence-corrected chi connectivity index (χ4v) is 4.98. The number of urea groups is 1. The van der Waals surface area contributed by atoms with E-state index >= 15 is 0 Å². The molecule has 0 bridgehead atoms.